The van der Waals surface area contributed by atoms with Gasteiger partial charge >= 0.3 is 140 Å². The Morgan fingerprint density at radius 3 is 0.570 bits per heavy atom. The van der Waals surface area contributed by atoms with Crippen LogP contribution in [0.3, 0.4) is 0 Å². The van der Waals surface area contributed by atoms with Crippen LogP contribution in [0.15, 0.2) is 0 Å². The summed E-state index contributed by atoms with van der Waals surface area (Å²) < 4.78 is 617. The zero-order chi connectivity index (χ0) is 67.7. The molecule has 9 nitrogen and oxygen atoms in total. The number of alkyl halides is 39. The highest BCUT2D eigenvalue weighted by Crippen LogP contribution is 2.89. The van der Waals surface area contributed by atoms with E-state index in [1.807, 2.05) is 0 Å². The third-order valence-corrected chi connectivity index (χ3v) is 18.4. The van der Waals surface area contributed by atoms with Gasteiger partial charge in [-0.05, 0) is 0 Å². The molecular weight excluding hydrogens is 1340 g/mol. The molecule has 12 aliphatic rings. The minimum atomic E-state index is -8.68. The second kappa shape index (κ2) is 14.7. The normalized spacial score (nSPS) is 53.5. The second-order valence-corrected chi connectivity index (χ2v) is 21.4. The molecule has 0 amide bonds. The molecule has 18 atom stereocenters. The van der Waals surface area contributed by atoms with Crippen LogP contribution in [0, 0.1) is 5.41 Å². The van der Waals surface area contributed by atoms with E-state index >= 15 is 145 Å². The Morgan fingerprint density at radius 1 is 0.267 bits per heavy atom. The highest BCUT2D eigenvalue weighted by Gasteiger charge is 3.23. The molecule has 0 saturated heterocycles. The molecule has 0 heterocycles. The molecule has 86 heavy (non-hydrogen) atoms. The summed E-state index contributed by atoms with van der Waals surface area (Å²) in [6.07, 6.45) is -15.5. The Kier molecular flexibility index (Phi) is 11.3. The van der Waals surface area contributed by atoms with Gasteiger partial charge in [0.2, 0.25) is 17.3 Å². The highest BCUT2D eigenvalue weighted by atomic mass is 19.4. The van der Waals surface area contributed by atoms with Crippen molar-refractivity contribution in [3.8, 4) is 0 Å². The smallest absolute Gasteiger partial charge is 0.340 e. The second-order valence-electron chi connectivity index (χ2n) is 21.4. The van der Waals surface area contributed by atoms with Gasteiger partial charge in [0.1, 0.15) is 0 Å². The first-order chi connectivity index (χ1) is 37.3. The lowest BCUT2D eigenvalue weighted by Gasteiger charge is -2.71. The number of ketones is 3. The quantitative estimate of drug-likeness (QED) is 0.166. The topological polar surface area (TPSA) is 140 Å². The van der Waals surface area contributed by atoms with E-state index in [4.69, 9.17) is 0 Å². The maximum atomic E-state index is 16.8. The molecule has 494 valence electrons. The van der Waals surface area contributed by atoms with Crippen molar-refractivity contribution >= 4 is 17.3 Å². The van der Waals surface area contributed by atoms with Gasteiger partial charge in [-0.25, -0.2) is 65.9 Å². The number of hydrogen-bond donors (Lipinski definition) is 3. The monoisotopic (exact) mass is 1360 g/mol. The van der Waals surface area contributed by atoms with E-state index in [0.717, 1.165) is 0 Å². The standard InChI is InChI=1S/C38H15F39O9/c1-11(5(78)2-84-36(75)15(42)8(81)12(39)24(51,52)18(45,30(15,63)64)33(69,70)21(36,48)27(12,57)58,6(79)3-85-37(76)16(43)9(82)13(40)25(53,54)19(46,31(16,65)66)34(71,72)22(37,49)28(13,59)60)7(80)4-86-38(77)17(44)10(83)14(41)26(55,56)20(47,32(17,67)68)35(73,74)23(38,50)29(14,61)62/h5-7,78-80H,2-4H2,1H3. The summed E-state index contributed by atoms with van der Waals surface area (Å²) in [6.45, 7) is -13.8. The fourth-order valence-electron chi connectivity index (χ4n) is 13.2. The third kappa shape index (κ3) is 4.38. The molecule has 12 aliphatic carbocycles. The Bertz CT molecular complexity index is 2810. The van der Waals surface area contributed by atoms with Gasteiger partial charge in [0.05, 0.1) is 43.5 Å². The van der Waals surface area contributed by atoms with Crippen molar-refractivity contribution in [1.82, 2.24) is 0 Å². The first-order valence-corrected chi connectivity index (χ1v) is 21.8. The van der Waals surface area contributed by atoms with Crippen LogP contribution in [0.2, 0.25) is 0 Å². The maximum Gasteiger partial charge on any atom is 0.340 e. The van der Waals surface area contributed by atoms with Crippen molar-refractivity contribution in [2.45, 2.75) is 182 Å². The predicted octanol–water partition coefficient (Wildman–Crippen LogP) is 8.08. The zero-order valence-corrected chi connectivity index (χ0v) is 38.9. The zero-order valence-electron chi connectivity index (χ0n) is 38.9. The molecule has 0 radical (unpaired) electrons. The fourth-order valence-corrected chi connectivity index (χ4v) is 13.2. The molecule has 12 rings (SSSR count). The number of Topliss-reactive ketones (excluding diaryl/α,β-unsaturated/α-hetero) is 3. The van der Waals surface area contributed by atoms with Crippen molar-refractivity contribution in [2.75, 3.05) is 19.8 Å². The van der Waals surface area contributed by atoms with Crippen molar-refractivity contribution in [3.63, 3.8) is 0 Å². The maximum absolute atomic E-state index is 16.8. The van der Waals surface area contributed by atoms with Crippen molar-refractivity contribution in [2.24, 2.45) is 5.41 Å². The van der Waals surface area contributed by atoms with Gasteiger partial charge in [0.15, 0.2) is 0 Å². The van der Waals surface area contributed by atoms with Gasteiger partial charge in [0, 0.05) is 0 Å². The van der Waals surface area contributed by atoms with Crippen LogP contribution in [0.25, 0.3) is 0 Å². The van der Waals surface area contributed by atoms with Crippen molar-refractivity contribution in [1.29, 1.82) is 0 Å². The molecule has 0 aliphatic heterocycles. The minimum Gasteiger partial charge on any atom is -0.390 e. The number of carbonyl (C=O) groups is 3. The Labute approximate surface area is 440 Å². The molecule has 0 aromatic heterocycles. The van der Waals surface area contributed by atoms with Crippen LogP contribution in [0.1, 0.15) is 6.92 Å². The summed E-state index contributed by atoms with van der Waals surface area (Å²) in [5.41, 5.74) is -104. The molecule has 48 heteroatoms. The van der Waals surface area contributed by atoms with Gasteiger partial charge in [-0.2, -0.15) is 105 Å². The average Bonchev–Trinajstić information content (AvgIpc) is 0.615. The predicted molar refractivity (Wildman–Crippen MR) is 176 cm³/mol. The van der Waals surface area contributed by atoms with E-state index in [0.29, 0.717) is 0 Å². The van der Waals surface area contributed by atoms with Gasteiger partial charge in [-0.1, -0.05) is 6.92 Å². The van der Waals surface area contributed by atoms with Crippen LogP contribution in [0.5, 0.6) is 0 Å². The Morgan fingerprint density at radius 2 is 0.407 bits per heavy atom. The van der Waals surface area contributed by atoms with E-state index in [-0.39, 0.29) is 0 Å². The molecule has 0 aromatic carbocycles. The molecule has 12 saturated carbocycles. The van der Waals surface area contributed by atoms with Gasteiger partial charge < -0.3 is 29.5 Å². The number of rotatable bonds is 12. The summed E-state index contributed by atoms with van der Waals surface area (Å²) in [6, 6.07) is 0. The Hall–Kier alpha value is -3.96. The molecular formula is C38H15F39O9. The number of halogens is 39. The van der Waals surface area contributed by atoms with Crippen LogP contribution >= 0.6 is 0 Å². The van der Waals surface area contributed by atoms with Gasteiger partial charge in [-0.15, -0.1) is 0 Å². The number of ether oxygens (including phenoxy) is 3. The summed E-state index contributed by atoms with van der Waals surface area (Å²) in [5.74, 6) is -142. The molecule has 18 unspecified atom stereocenters. The molecule has 0 spiro atoms. The fraction of sp³-hybridized carbons (Fsp3) is 0.921. The van der Waals surface area contributed by atoms with E-state index in [9.17, 15) is 56.0 Å². The van der Waals surface area contributed by atoms with E-state index in [1.165, 1.54) is 0 Å². The first-order valence-electron chi connectivity index (χ1n) is 21.8. The number of hydrogen-bond acceptors (Lipinski definition) is 9. The van der Waals surface area contributed by atoms with E-state index in [1.54, 1.807) is 0 Å². The first kappa shape index (κ1) is 66.5. The lowest BCUT2D eigenvalue weighted by molar-refractivity contribution is -0.556. The average molecular weight is 1360 g/mol. The molecule has 3 N–H and O–H groups in total. The molecule has 12 bridgehead atoms. The summed E-state index contributed by atoms with van der Waals surface area (Å²) in [5, 5.41) is 32.9. The number of carbonyl (C=O) groups excluding carboxylic acids is 3. The highest BCUT2D eigenvalue weighted by molar-refractivity contribution is 6.06. The third-order valence-electron chi connectivity index (χ3n) is 18.4. The van der Waals surface area contributed by atoms with E-state index in [2.05, 4.69) is 14.2 Å². The van der Waals surface area contributed by atoms with E-state index < -0.39 is 224 Å². The molecule has 12 fully saturated rings. The van der Waals surface area contributed by atoms with Crippen LogP contribution in [-0.4, -0.2) is 227 Å². The van der Waals surface area contributed by atoms with Gasteiger partial charge in [0.25, 0.3) is 17.0 Å². The summed E-state index contributed by atoms with van der Waals surface area (Å²) in [4.78, 5) is 37.6. The van der Waals surface area contributed by atoms with Crippen LogP contribution < -0.4 is 0 Å². The summed E-state index contributed by atoms with van der Waals surface area (Å²) >= 11 is 0. The number of aliphatic hydroxyl groups is 3. The van der Waals surface area contributed by atoms with Crippen LogP contribution in [-0.2, 0) is 28.6 Å². The summed E-state index contributed by atoms with van der Waals surface area (Å²) in [7, 11) is 0. The van der Waals surface area contributed by atoms with Crippen LogP contribution in [0.4, 0.5) is 171 Å². The van der Waals surface area contributed by atoms with Crippen molar-refractivity contribution < 1.29 is 215 Å². The Balaban J connectivity index is 1.20. The van der Waals surface area contributed by atoms with Gasteiger partial charge in [-0.3, -0.25) is 14.4 Å². The number of aliphatic hydroxyl groups excluding tert-OH is 3. The lowest BCUT2D eigenvalue weighted by Crippen LogP contribution is -3.07. The SMILES string of the molecule is CC(C(O)COC1(F)C2(F)C(=O)C3(F)C(F)(F)C(F)(C2(F)F)C(F)(F)C1(F)C3(F)F)(C(O)COC1(F)C2(F)C(=O)C3(F)C(F)(F)C(F)(C2(F)F)C(F)(F)C1(F)C3(F)F)C(O)COC1(F)C2(F)C(=O)C3(F)C(F)(F)C(F)(C2(F)F)C(F)(F)C1(F)C3(F)F. The molecule has 0 aromatic rings. The van der Waals surface area contributed by atoms with Crippen molar-refractivity contribution in [3.05, 3.63) is 0 Å². The largest absolute Gasteiger partial charge is 0.390 e. The lowest BCUT2D eigenvalue weighted by atomic mass is 9.41. The minimum absolute atomic E-state index is 1.18.